The van der Waals surface area contributed by atoms with Crippen LogP contribution >= 0.6 is 0 Å². The van der Waals surface area contributed by atoms with Crippen molar-refractivity contribution >= 4 is 5.91 Å². The van der Waals surface area contributed by atoms with Crippen LogP contribution in [0.5, 0.6) is 0 Å². The Balaban J connectivity index is 5.01. The van der Waals surface area contributed by atoms with E-state index in [-0.39, 0.29) is 5.92 Å². The standard InChI is InChI=1S/C52H98N2O/c1-7-11-15-17-19-21-23-25-27-29-31-33-35-37-39-42-45-50(44-41-38-36-34-32-30-28-26-24-22-20-18-16-12-8-2)52(55)54(49-43-48-53(5)6)51(46-14-10-4)47-40-13-9-3/h18-21,24-27,50-51H,7-17,22-23,28-49H2,1-6H3/b20-18-,21-19-,26-24-,27-25-. The van der Waals surface area contributed by atoms with Crippen molar-refractivity contribution in [2.24, 2.45) is 5.92 Å². The summed E-state index contributed by atoms with van der Waals surface area (Å²) < 4.78 is 0. The van der Waals surface area contributed by atoms with Gasteiger partial charge in [0.05, 0.1) is 0 Å². The molecule has 2 atom stereocenters. The lowest BCUT2D eigenvalue weighted by Gasteiger charge is -2.35. The number of hydrogen-bond acceptors (Lipinski definition) is 2. The van der Waals surface area contributed by atoms with Crippen LogP contribution in [0, 0.1) is 5.92 Å². The fraction of sp³-hybridized carbons (Fsp3) is 0.827. The molecule has 3 heteroatoms. The summed E-state index contributed by atoms with van der Waals surface area (Å²) in [6, 6.07) is 0.422. The molecule has 0 spiro atoms. The van der Waals surface area contributed by atoms with Gasteiger partial charge in [0.25, 0.3) is 0 Å². The number of nitrogens with zero attached hydrogens (tertiary/aromatic N) is 2. The van der Waals surface area contributed by atoms with Gasteiger partial charge >= 0.3 is 0 Å². The molecule has 0 aliphatic carbocycles. The van der Waals surface area contributed by atoms with Crippen molar-refractivity contribution in [1.29, 1.82) is 0 Å². The van der Waals surface area contributed by atoms with Gasteiger partial charge in [0.2, 0.25) is 5.91 Å². The quantitative estimate of drug-likeness (QED) is 0.0456. The molecule has 0 aliphatic rings. The second kappa shape index (κ2) is 43.5. The zero-order valence-corrected chi connectivity index (χ0v) is 38.3. The molecule has 0 fully saturated rings. The first-order chi connectivity index (χ1) is 27.0. The minimum Gasteiger partial charge on any atom is -0.339 e. The molecular formula is C52H98N2O. The van der Waals surface area contributed by atoms with E-state index in [4.69, 9.17) is 0 Å². The van der Waals surface area contributed by atoms with Crippen LogP contribution in [-0.4, -0.2) is 48.9 Å². The van der Waals surface area contributed by atoms with Crippen LogP contribution in [-0.2, 0) is 4.79 Å². The molecule has 2 unspecified atom stereocenters. The number of hydrogen-bond donors (Lipinski definition) is 0. The van der Waals surface area contributed by atoms with Gasteiger partial charge in [0.1, 0.15) is 0 Å². The van der Waals surface area contributed by atoms with Crippen LogP contribution in [0.1, 0.15) is 240 Å². The van der Waals surface area contributed by atoms with Gasteiger partial charge in [-0.1, -0.05) is 198 Å². The fourth-order valence-corrected chi connectivity index (χ4v) is 7.75. The number of allylic oxidation sites excluding steroid dienone is 8. The molecule has 3 nitrogen and oxygen atoms in total. The van der Waals surface area contributed by atoms with E-state index < -0.39 is 0 Å². The Morgan fingerprint density at radius 2 is 0.782 bits per heavy atom. The lowest BCUT2D eigenvalue weighted by atomic mass is 9.91. The lowest BCUT2D eigenvalue weighted by molar-refractivity contribution is -0.139. The average molecular weight is 767 g/mol. The van der Waals surface area contributed by atoms with Gasteiger partial charge in [-0.3, -0.25) is 4.79 Å². The molecule has 0 aromatic heterocycles. The predicted octanol–water partition coefficient (Wildman–Crippen LogP) is 16.5. The van der Waals surface area contributed by atoms with E-state index in [1.165, 1.54) is 180 Å². The molecule has 55 heavy (non-hydrogen) atoms. The van der Waals surface area contributed by atoms with Gasteiger partial charge in [0.15, 0.2) is 0 Å². The summed E-state index contributed by atoms with van der Waals surface area (Å²) in [6.45, 7) is 11.1. The molecule has 0 aromatic rings. The van der Waals surface area contributed by atoms with E-state index in [1.807, 2.05) is 0 Å². The maximum absolute atomic E-state index is 14.6. The molecule has 0 saturated carbocycles. The van der Waals surface area contributed by atoms with E-state index in [2.05, 4.69) is 100 Å². The van der Waals surface area contributed by atoms with E-state index in [0.29, 0.717) is 11.9 Å². The molecule has 0 aliphatic heterocycles. The molecule has 1 amide bonds. The van der Waals surface area contributed by atoms with Crippen molar-refractivity contribution in [2.45, 2.75) is 246 Å². The first kappa shape index (κ1) is 53.4. The first-order valence-electron chi connectivity index (χ1n) is 24.6. The Hall–Kier alpha value is -1.61. The second-order valence-corrected chi connectivity index (χ2v) is 17.1. The Morgan fingerprint density at radius 3 is 1.25 bits per heavy atom. The van der Waals surface area contributed by atoms with Crippen LogP contribution in [0.25, 0.3) is 0 Å². The van der Waals surface area contributed by atoms with Crippen molar-refractivity contribution in [3.63, 3.8) is 0 Å². The van der Waals surface area contributed by atoms with Gasteiger partial charge in [-0.05, 0) is 111 Å². The average Bonchev–Trinajstić information content (AvgIpc) is 3.18. The fourth-order valence-electron chi connectivity index (χ4n) is 7.75. The van der Waals surface area contributed by atoms with E-state index in [1.54, 1.807) is 0 Å². The van der Waals surface area contributed by atoms with Crippen molar-refractivity contribution in [3.05, 3.63) is 48.6 Å². The second-order valence-electron chi connectivity index (χ2n) is 17.1. The maximum atomic E-state index is 14.6. The number of amides is 1. The van der Waals surface area contributed by atoms with Crippen molar-refractivity contribution in [3.8, 4) is 0 Å². The monoisotopic (exact) mass is 767 g/mol. The molecule has 0 rings (SSSR count). The van der Waals surface area contributed by atoms with Crippen molar-refractivity contribution < 1.29 is 4.79 Å². The number of rotatable bonds is 42. The van der Waals surface area contributed by atoms with E-state index in [0.717, 1.165) is 45.2 Å². The van der Waals surface area contributed by atoms with E-state index >= 15 is 0 Å². The summed E-state index contributed by atoms with van der Waals surface area (Å²) >= 11 is 0. The van der Waals surface area contributed by atoms with Gasteiger partial charge < -0.3 is 9.80 Å². The van der Waals surface area contributed by atoms with E-state index in [9.17, 15) is 4.79 Å². The summed E-state index contributed by atoms with van der Waals surface area (Å²) in [5.74, 6) is 0.715. The Labute approximate surface area is 346 Å². The normalized spacial score (nSPS) is 13.4. The summed E-state index contributed by atoms with van der Waals surface area (Å²) in [5.41, 5.74) is 0. The highest BCUT2D eigenvalue weighted by Gasteiger charge is 2.28. The molecule has 0 heterocycles. The molecule has 0 radical (unpaired) electrons. The van der Waals surface area contributed by atoms with Crippen LogP contribution in [0.15, 0.2) is 48.6 Å². The number of carbonyl (C=O) groups is 1. The zero-order chi connectivity index (χ0) is 40.3. The van der Waals surface area contributed by atoms with Gasteiger partial charge in [-0.2, -0.15) is 0 Å². The molecule has 0 saturated heterocycles. The minimum atomic E-state index is 0.210. The highest BCUT2D eigenvalue weighted by molar-refractivity contribution is 5.79. The summed E-state index contributed by atoms with van der Waals surface area (Å²) in [7, 11) is 4.34. The van der Waals surface area contributed by atoms with Gasteiger partial charge in [-0.15, -0.1) is 0 Å². The Morgan fingerprint density at radius 1 is 0.400 bits per heavy atom. The van der Waals surface area contributed by atoms with Crippen molar-refractivity contribution in [2.75, 3.05) is 27.2 Å². The smallest absolute Gasteiger partial charge is 0.225 e. The Bertz CT molecular complexity index is 901. The third-order valence-corrected chi connectivity index (χ3v) is 11.4. The molecule has 0 aromatic carbocycles. The van der Waals surface area contributed by atoms with Crippen LogP contribution in [0.3, 0.4) is 0 Å². The number of unbranched alkanes of at least 4 members (excludes halogenated alkanes) is 20. The molecule has 0 N–H and O–H groups in total. The minimum absolute atomic E-state index is 0.210. The summed E-state index contributed by atoms with van der Waals surface area (Å²) in [5, 5.41) is 0. The van der Waals surface area contributed by atoms with Crippen molar-refractivity contribution in [1.82, 2.24) is 9.80 Å². The number of carbonyl (C=O) groups excluding carboxylic acids is 1. The van der Waals surface area contributed by atoms with Gasteiger partial charge in [-0.25, -0.2) is 0 Å². The maximum Gasteiger partial charge on any atom is 0.225 e. The topological polar surface area (TPSA) is 23.6 Å². The summed E-state index contributed by atoms with van der Waals surface area (Å²) in [6.07, 6.45) is 59.9. The molecule has 322 valence electrons. The SMILES string of the molecule is CCCC/C=C\C/C=C\CCCCCCCCC(CCCCCCCC/C=C\C/C=C\CCCCC)C(=O)N(CCCN(C)C)C(CCCC)CCCCC. The van der Waals surface area contributed by atoms with Crippen LogP contribution in [0.4, 0.5) is 0 Å². The largest absolute Gasteiger partial charge is 0.339 e. The third-order valence-electron chi connectivity index (χ3n) is 11.4. The van der Waals surface area contributed by atoms with Crippen LogP contribution < -0.4 is 0 Å². The predicted molar refractivity (Wildman–Crippen MR) is 249 cm³/mol. The van der Waals surface area contributed by atoms with Gasteiger partial charge in [0, 0.05) is 18.5 Å². The Kier molecular flexibility index (Phi) is 42.2. The third kappa shape index (κ3) is 36.5. The first-order valence-corrected chi connectivity index (χ1v) is 24.6. The molecular weight excluding hydrogens is 669 g/mol. The molecule has 0 bridgehead atoms. The lowest BCUT2D eigenvalue weighted by Crippen LogP contribution is -2.45. The summed E-state index contributed by atoms with van der Waals surface area (Å²) in [4.78, 5) is 19.3. The highest BCUT2D eigenvalue weighted by atomic mass is 16.2. The highest BCUT2D eigenvalue weighted by Crippen LogP contribution is 2.26. The zero-order valence-electron chi connectivity index (χ0n) is 38.3. The van der Waals surface area contributed by atoms with Crippen LogP contribution in [0.2, 0.25) is 0 Å².